The van der Waals surface area contributed by atoms with E-state index in [0.717, 1.165) is 12.8 Å². The summed E-state index contributed by atoms with van der Waals surface area (Å²) in [6.07, 6.45) is 5.60. The van der Waals surface area contributed by atoms with Crippen LogP contribution < -0.4 is 0 Å². The molecule has 0 aromatic rings. The van der Waals surface area contributed by atoms with Gasteiger partial charge in [0.15, 0.2) is 0 Å². The average Bonchev–Trinajstić information content (AvgIpc) is 2.29. The number of rotatable bonds is 5. The summed E-state index contributed by atoms with van der Waals surface area (Å²) in [5.41, 5.74) is -0.170. The predicted octanol–water partition coefficient (Wildman–Crippen LogP) is 2.67. The summed E-state index contributed by atoms with van der Waals surface area (Å²) < 4.78 is 4.98. The molecule has 0 aromatic carbocycles. The molecule has 0 heterocycles. The van der Waals surface area contributed by atoms with Crippen LogP contribution >= 0.6 is 11.6 Å². The first kappa shape index (κ1) is 14.8. The van der Waals surface area contributed by atoms with Crippen LogP contribution in [0, 0.1) is 5.41 Å². The van der Waals surface area contributed by atoms with E-state index in [1.54, 1.807) is 12.0 Å². The zero-order valence-corrected chi connectivity index (χ0v) is 11.9. The fourth-order valence-electron chi connectivity index (χ4n) is 2.62. The molecule has 3 nitrogen and oxygen atoms in total. The Morgan fingerprint density at radius 3 is 2.53 bits per heavy atom. The van der Waals surface area contributed by atoms with Gasteiger partial charge in [0.05, 0.1) is 12.0 Å². The normalized spacial score (nSPS) is 20.9. The zero-order valence-electron chi connectivity index (χ0n) is 11.2. The van der Waals surface area contributed by atoms with Crippen LogP contribution in [0.5, 0.6) is 0 Å². The zero-order chi connectivity index (χ0) is 12.9. The SMILES string of the molecule is COCC(Cl)CN(C)C(=O)C1(C)CCCCC1. The van der Waals surface area contributed by atoms with Gasteiger partial charge in [0.25, 0.3) is 0 Å². The van der Waals surface area contributed by atoms with Crippen molar-refractivity contribution in [2.75, 3.05) is 27.3 Å². The number of carbonyl (C=O) groups excluding carboxylic acids is 1. The lowest BCUT2D eigenvalue weighted by atomic mass is 9.75. The molecule has 1 amide bonds. The van der Waals surface area contributed by atoms with Crippen molar-refractivity contribution in [3.8, 4) is 0 Å². The number of nitrogens with zero attached hydrogens (tertiary/aromatic N) is 1. The second kappa shape index (κ2) is 6.60. The standard InChI is InChI=1S/C13H24ClNO2/c1-13(7-5-4-6-8-13)12(16)15(2)9-11(14)10-17-3/h11H,4-10H2,1-3H3. The maximum Gasteiger partial charge on any atom is 0.228 e. The number of hydrogen-bond donors (Lipinski definition) is 0. The van der Waals surface area contributed by atoms with Gasteiger partial charge < -0.3 is 9.64 Å². The quantitative estimate of drug-likeness (QED) is 0.712. The van der Waals surface area contributed by atoms with Gasteiger partial charge in [-0.05, 0) is 12.8 Å². The third-order valence-electron chi connectivity index (χ3n) is 3.64. The Kier molecular flexibility index (Phi) is 5.74. The fourth-order valence-corrected chi connectivity index (χ4v) is 2.95. The summed E-state index contributed by atoms with van der Waals surface area (Å²) in [5, 5.41) is -0.124. The molecule has 0 aromatic heterocycles. The minimum atomic E-state index is -0.170. The summed E-state index contributed by atoms with van der Waals surface area (Å²) in [4.78, 5) is 14.2. The Labute approximate surface area is 109 Å². The highest BCUT2D eigenvalue weighted by molar-refractivity contribution is 6.21. The maximum atomic E-state index is 12.4. The number of carbonyl (C=O) groups is 1. The van der Waals surface area contributed by atoms with Crippen molar-refractivity contribution < 1.29 is 9.53 Å². The largest absolute Gasteiger partial charge is 0.383 e. The number of methoxy groups -OCH3 is 1. The van der Waals surface area contributed by atoms with E-state index in [-0.39, 0.29) is 16.7 Å². The van der Waals surface area contributed by atoms with E-state index in [9.17, 15) is 4.79 Å². The first-order valence-corrected chi connectivity index (χ1v) is 6.82. The van der Waals surface area contributed by atoms with Crippen LogP contribution in [0.4, 0.5) is 0 Å². The number of alkyl halides is 1. The lowest BCUT2D eigenvalue weighted by molar-refractivity contribution is -0.141. The van der Waals surface area contributed by atoms with Gasteiger partial charge in [-0.2, -0.15) is 0 Å². The van der Waals surface area contributed by atoms with Gasteiger partial charge in [0, 0.05) is 26.1 Å². The molecule has 1 rings (SSSR count). The predicted molar refractivity (Wildman–Crippen MR) is 70.3 cm³/mol. The second-order valence-corrected chi connectivity index (χ2v) is 5.98. The van der Waals surface area contributed by atoms with E-state index < -0.39 is 0 Å². The van der Waals surface area contributed by atoms with Crippen LogP contribution in [-0.2, 0) is 9.53 Å². The third kappa shape index (κ3) is 4.14. The Bertz CT molecular complexity index is 252. The van der Waals surface area contributed by atoms with Gasteiger partial charge in [-0.1, -0.05) is 26.2 Å². The summed E-state index contributed by atoms with van der Waals surface area (Å²) in [6, 6.07) is 0. The van der Waals surface area contributed by atoms with Gasteiger partial charge in [-0.25, -0.2) is 0 Å². The molecule has 1 fully saturated rings. The molecular weight excluding hydrogens is 238 g/mol. The highest BCUT2D eigenvalue weighted by Crippen LogP contribution is 2.37. The third-order valence-corrected chi connectivity index (χ3v) is 3.90. The second-order valence-electron chi connectivity index (χ2n) is 5.36. The molecule has 0 bridgehead atoms. The van der Waals surface area contributed by atoms with Crippen molar-refractivity contribution in [1.82, 2.24) is 4.90 Å². The minimum absolute atomic E-state index is 0.124. The van der Waals surface area contributed by atoms with Gasteiger partial charge >= 0.3 is 0 Å². The Hall–Kier alpha value is -0.280. The van der Waals surface area contributed by atoms with Gasteiger partial charge in [0.2, 0.25) is 5.91 Å². The maximum absolute atomic E-state index is 12.4. The summed E-state index contributed by atoms with van der Waals surface area (Å²) in [6.45, 7) is 3.13. The smallest absolute Gasteiger partial charge is 0.228 e. The van der Waals surface area contributed by atoms with Crippen molar-refractivity contribution in [1.29, 1.82) is 0 Å². The highest BCUT2D eigenvalue weighted by atomic mass is 35.5. The molecule has 0 saturated heterocycles. The molecule has 4 heteroatoms. The van der Waals surface area contributed by atoms with E-state index in [1.807, 2.05) is 7.05 Å². The average molecular weight is 262 g/mol. The molecule has 0 N–H and O–H groups in total. The Balaban J connectivity index is 2.50. The summed E-state index contributed by atoms with van der Waals surface area (Å²) >= 11 is 6.09. The van der Waals surface area contributed by atoms with E-state index in [0.29, 0.717) is 13.2 Å². The van der Waals surface area contributed by atoms with Crippen LogP contribution in [0.25, 0.3) is 0 Å². The molecule has 17 heavy (non-hydrogen) atoms. The number of hydrogen-bond acceptors (Lipinski definition) is 2. The van der Waals surface area contributed by atoms with Gasteiger partial charge in [-0.15, -0.1) is 11.6 Å². The topological polar surface area (TPSA) is 29.5 Å². The molecule has 100 valence electrons. The van der Waals surface area contributed by atoms with Gasteiger partial charge in [0.1, 0.15) is 0 Å². The van der Waals surface area contributed by atoms with Crippen molar-refractivity contribution in [3.05, 3.63) is 0 Å². The van der Waals surface area contributed by atoms with Crippen molar-refractivity contribution in [2.24, 2.45) is 5.41 Å². The Morgan fingerprint density at radius 1 is 1.41 bits per heavy atom. The van der Waals surface area contributed by atoms with Crippen molar-refractivity contribution in [3.63, 3.8) is 0 Å². The first-order valence-electron chi connectivity index (χ1n) is 6.38. The van der Waals surface area contributed by atoms with E-state index in [1.165, 1.54) is 19.3 Å². The first-order chi connectivity index (χ1) is 7.99. The van der Waals surface area contributed by atoms with Crippen LogP contribution in [0.15, 0.2) is 0 Å². The lowest BCUT2D eigenvalue weighted by Crippen LogP contribution is -2.44. The molecule has 0 spiro atoms. The van der Waals surface area contributed by atoms with E-state index in [4.69, 9.17) is 16.3 Å². The fraction of sp³-hybridized carbons (Fsp3) is 0.923. The molecule has 0 radical (unpaired) electrons. The lowest BCUT2D eigenvalue weighted by Gasteiger charge is -2.36. The molecule has 1 aliphatic carbocycles. The molecule has 1 aliphatic rings. The minimum Gasteiger partial charge on any atom is -0.383 e. The van der Waals surface area contributed by atoms with E-state index >= 15 is 0 Å². The number of amides is 1. The van der Waals surface area contributed by atoms with Crippen molar-refractivity contribution >= 4 is 17.5 Å². The Morgan fingerprint density at radius 2 is 2.00 bits per heavy atom. The molecule has 0 aliphatic heterocycles. The van der Waals surface area contributed by atoms with Crippen LogP contribution in [0.2, 0.25) is 0 Å². The monoisotopic (exact) mass is 261 g/mol. The van der Waals surface area contributed by atoms with Crippen molar-refractivity contribution in [2.45, 2.75) is 44.4 Å². The van der Waals surface area contributed by atoms with Crippen LogP contribution in [0.3, 0.4) is 0 Å². The van der Waals surface area contributed by atoms with E-state index in [2.05, 4.69) is 6.92 Å². The van der Waals surface area contributed by atoms with Gasteiger partial charge in [-0.3, -0.25) is 4.79 Å². The molecule has 1 saturated carbocycles. The number of halogens is 1. The molecule has 1 atom stereocenters. The highest BCUT2D eigenvalue weighted by Gasteiger charge is 2.36. The van der Waals surface area contributed by atoms with Crippen LogP contribution in [0.1, 0.15) is 39.0 Å². The summed E-state index contributed by atoms with van der Waals surface area (Å²) in [7, 11) is 3.47. The van der Waals surface area contributed by atoms with Crippen LogP contribution in [-0.4, -0.2) is 43.5 Å². The molecule has 1 unspecified atom stereocenters. The molecular formula is C13H24ClNO2. The number of ether oxygens (including phenoxy) is 1. The summed E-state index contributed by atoms with van der Waals surface area (Å²) in [5.74, 6) is 0.235.